The highest BCUT2D eigenvalue weighted by Crippen LogP contribution is 1.94. The maximum absolute atomic E-state index is 10.8. The maximum Gasteiger partial charge on any atom is 0.305 e. The van der Waals surface area contributed by atoms with Crippen molar-refractivity contribution in [3.05, 3.63) is 0 Å². The highest BCUT2D eigenvalue weighted by Gasteiger charge is 2.08. The Bertz CT molecular complexity index is 169. The van der Waals surface area contributed by atoms with Gasteiger partial charge in [-0.1, -0.05) is 0 Å². The molecule has 0 amide bonds. The number of carbonyl (C=O) groups is 1. The van der Waals surface area contributed by atoms with Crippen LogP contribution in [0.5, 0.6) is 0 Å². The molecule has 14 heavy (non-hydrogen) atoms. The third kappa shape index (κ3) is 4.55. The zero-order valence-corrected chi connectivity index (χ0v) is 8.62. The first kappa shape index (κ1) is 11.4. The van der Waals surface area contributed by atoms with Crippen LogP contribution in [0.2, 0.25) is 0 Å². The van der Waals surface area contributed by atoms with Crippen molar-refractivity contribution in [3.63, 3.8) is 0 Å². The van der Waals surface area contributed by atoms with Gasteiger partial charge in [0.2, 0.25) is 0 Å². The third-order valence-electron chi connectivity index (χ3n) is 2.13. The summed E-state index contributed by atoms with van der Waals surface area (Å²) in [5.41, 5.74) is 3.25. The molecule has 0 aromatic heterocycles. The van der Waals surface area contributed by atoms with E-state index in [1.54, 1.807) is 0 Å². The standard InChI is InChI=1S/C9H18N2O3/c1-13-9(12)3-2-4-10-11-5-7-14-8-6-11/h10H,2-8H2,1H3. The Kier molecular flexibility index (Phi) is 5.51. The van der Waals surface area contributed by atoms with E-state index in [1.165, 1.54) is 7.11 Å². The Morgan fingerprint density at radius 2 is 2.21 bits per heavy atom. The van der Waals surface area contributed by atoms with Crippen molar-refractivity contribution in [3.8, 4) is 0 Å². The van der Waals surface area contributed by atoms with Gasteiger partial charge < -0.3 is 9.47 Å². The predicted octanol–water partition coefficient (Wildman–Crippen LogP) is -0.224. The number of esters is 1. The highest BCUT2D eigenvalue weighted by molar-refractivity contribution is 5.68. The molecule has 1 N–H and O–H groups in total. The lowest BCUT2D eigenvalue weighted by molar-refractivity contribution is -0.140. The van der Waals surface area contributed by atoms with Crippen molar-refractivity contribution in [2.75, 3.05) is 40.0 Å². The molecular formula is C9H18N2O3. The molecule has 0 aromatic rings. The van der Waals surface area contributed by atoms with E-state index < -0.39 is 0 Å². The van der Waals surface area contributed by atoms with Gasteiger partial charge in [0.25, 0.3) is 0 Å². The number of carbonyl (C=O) groups excluding carboxylic acids is 1. The summed E-state index contributed by atoms with van der Waals surface area (Å²) in [5.74, 6) is -0.145. The van der Waals surface area contributed by atoms with Gasteiger partial charge >= 0.3 is 5.97 Å². The third-order valence-corrected chi connectivity index (χ3v) is 2.13. The first-order valence-electron chi connectivity index (χ1n) is 4.96. The van der Waals surface area contributed by atoms with Gasteiger partial charge in [0.1, 0.15) is 0 Å². The zero-order valence-electron chi connectivity index (χ0n) is 8.62. The number of morpholine rings is 1. The van der Waals surface area contributed by atoms with Crippen molar-refractivity contribution < 1.29 is 14.3 Å². The van der Waals surface area contributed by atoms with Crippen molar-refractivity contribution in [1.29, 1.82) is 0 Å². The number of hydrazine groups is 1. The second-order valence-corrected chi connectivity index (χ2v) is 3.19. The molecule has 1 fully saturated rings. The second-order valence-electron chi connectivity index (χ2n) is 3.19. The number of methoxy groups -OCH3 is 1. The molecule has 1 aliphatic heterocycles. The fourth-order valence-electron chi connectivity index (χ4n) is 1.29. The highest BCUT2D eigenvalue weighted by atomic mass is 16.5. The molecule has 0 radical (unpaired) electrons. The molecule has 0 spiro atoms. The predicted molar refractivity (Wildman–Crippen MR) is 51.6 cm³/mol. The smallest absolute Gasteiger partial charge is 0.305 e. The fourth-order valence-corrected chi connectivity index (χ4v) is 1.29. The van der Waals surface area contributed by atoms with Crippen molar-refractivity contribution in [1.82, 2.24) is 10.4 Å². The molecule has 0 aromatic carbocycles. The molecule has 0 bridgehead atoms. The summed E-state index contributed by atoms with van der Waals surface area (Å²) in [4.78, 5) is 10.8. The first-order chi connectivity index (χ1) is 6.83. The van der Waals surface area contributed by atoms with E-state index in [4.69, 9.17) is 4.74 Å². The molecular weight excluding hydrogens is 184 g/mol. The summed E-state index contributed by atoms with van der Waals surface area (Å²) >= 11 is 0. The van der Waals surface area contributed by atoms with Crippen LogP contribution < -0.4 is 5.43 Å². The van der Waals surface area contributed by atoms with Crippen LogP contribution in [0.4, 0.5) is 0 Å². The number of nitrogens with zero attached hydrogens (tertiary/aromatic N) is 1. The van der Waals surface area contributed by atoms with Crippen molar-refractivity contribution in [2.45, 2.75) is 12.8 Å². The second kappa shape index (κ2) is 6.75. The first-order valence-corrected chi connectivity index (χ1v) is 4.96. The number of hydrogen-bond donors (Lipinski definition) is 1. The molecule has 0 atom stereocenters. The molecule has 1 aliphatic rings. The average molecular weight is 202 g/mol. The fraction of sp³-hybridized carbons (Fsp3) is 0.889. The van der Waals surface area contributed by atoms with Gasteiger partial charge in [-0.2, -0.15) is 0 Å². The minimum atomic E-state index is -0.145. The number of rotatable bonds is 5. The van der Waals surface area contributed by atoms with E-state index in [-0.39, 0.29) is 5.97 Å². The van der Waals surface area contributed by atoms with Crippen molar-refractivity contribution in [2.24, 2.45) is 0 Å². The molecule has 82 valence electrons. The maximum atomic E-state index is 10.8. The van der Waals surface area contributed by atoms with Gasteiger partial charge in [0.15, 0.2) is 0 Å². The molecule has 1 heterocycles. The van der Waals surface area contributed by atoms with E-state index in [0.717, 1.165) is 39.3 Å². The average Bonchev–Trinajstić information content (AvgIpc) is 2.25. The van der Waals surface area contributed by atoms with Gasteiger partial charge in [0.05, 0.1) is 20.3 Å². The summed E-state index contributed by atoms with van der Waals surface area (Å²) in [6.07, 6.45) is 1.29. The molecule has 1 saturated heterocycles. The van der Waals surface area contributed by atoms with Crippen LogP contribution in [-0.4, -0.2) is 50.9 Å². The summed E-state index contributed by atoms with van der Waals surface area (Å²) in [5, 5.41) is 2.13. The van der Waals surface area contributed by atoms with Crippen molar-refractivity contribution >= 4 is 5.97 Å². The van der Waals surface area contributed by atoms with E-state index in [9.17, 15) is 4.79 Å². The molecule has 1 rings (SSSR count). The molecule has 0 unspecified atom stereocenters. The Balaban J connectivity index is 1.94. The molecule has 5 heteroatoms. The van der Waals surface area contributed by atoms with Gasteiger partial charge in [-0.15, -0.1) is 0 Å². The van der Waals surface area contributed by atoms with Gasteiger partial charge in [-0.3, -0.25) is 10.2 Å². The molecule has 0 aliphatic carbocycles. The van der Waals surface area contributed by atoms with Crippen LogP contribution in [0.15, 0.2) is 0 Å². The van der Waals surface area contributed by atoms with Crippen LogP contribution in [0.3, 0.4) is 0 Å². The number of ether oxygens (including phenoxy) is 2. The Morgan fingerprint density at radius 1 is 1.50 bits per heavy atom. The van der Waals surface area contributed by atoms with Crippen LogP contribution >= 0.6 is 0 Å². The minimum absolute atomic E-state index is 0.145. The van der Waals surface area contributed by atoms with Crippen LogP contribution in [0, 0.1) is 0 Å². The monoisotopic (exact) mass is 202 g/mol. The molecule has 0 saturated carbocycles. The summed E-state index contributed by atoms with van der Waals surface area (Å²) in [6.45, 7) is 4.21. The Hall–Kier alpha value is -0.650. The topological polar surface area (TPSA) is 50.8 Å². The Labute approximate surface area is 84.3 Å². The lowest BCUT2D eigenvalue weighted by Gasteiger charge is -2.27. The van der Waals surface area contributed by atoms with Gasteiger partial charge in [-0.25, -0.2) is 5.01 Å². The summed E-state index contributed by atoms with van der Waals surface area (Å²) in [7, 11) is 1.41. The lowest BCUT2D eigenvalue weighted by Crippen LogP contribution is -2.46. The summed E-state index contributed by atoms with van der Waals surface area (Å²) < 4.78 is 9.75. The largest absolute Gasteiger partial charge is 0.469 e. The normalized spacial score (nSPS) is 18.1. The van der Waals surface area contributed by atoms with Crippen LogP contribution in [0.25, 0.3) is 0 Å². The molecule has 5 nitrogen and oxygen atoms in total. The van der Waals surface area contributed by atoms with E-state index in [2.05, 4.69) is 15.2 Å². The van der Waals surface area contributed by atoms with Gasteiger partial charge in [-0.05, 0) is 6.42 Å². The van der Waals surface area contributed by atoms with E-state index in [0.29, 0.717) is 6.42 Å². The van der Waals surface area contributed by atoms with E-state index in [1.807, 2.05) is 0 Å². The number of nitrogens with one attached hydrogen (secondary N) is 1. The van der Waals surface area contributed by atoms with Crippen LogP contribution in [-0.2, 0) is 14.3 Å². The number of hydrogen-bond acceptors (Lipinski definition) is 5. The Morgan fingerprint density at radius 3 is 2.86 bits per heavy atom. The summed E-state index contributed by atoms with van der Waals surface area (Å²) in [6, 6.07) is 0. The SMILES string of the molecule is COC(=O)CCCNN1CCOCC1. The van der Waals surface area contributed by atoms with E-state index >= 15 is 0 Å². The van der Waals surface area contributed by atoms with Crippen LogP contribution in [0.1, 0.15) is 12.8 Å². The zero-order chi connectivity index (χ0) is 10.2. The van der Waals surface area contributed by atoms with Gasteiger partial charge in [0, 0.05) is 26.1 Å². The lowest BCUT2D eigenvalue weighted by atomic mass is 10.3. The quantitative estimate of drug-likeness (QED) is 0.493. The minimum Gasteiger partial charge on any atom is -0.469 e.